The highest BCUT2D eigenvalue weighted by Gasteiger charge is 2.09. The van der Waals surface area contributed by atoms with Crippen molar-refractivity contribution < 1.29 is 9.59 Å². The van der Waals surface area contributed by atoms with E-state index >= 15 is 0 Å². The molecule has 0 spiro atoms. The molecule has 0 aliphatic heterocycles. The molecule has 4 aromatic rings. The van der Waals surface area contributed by atoms with E-state index in [-0.39, 0.29) is 18.4 Å². The van der Waals surface area contributed by atoms with Crippen molar-refractivity contribution in [2.24, 2.45) is 0 Å². The summed E-state index contributed by atoms with van der Waals surface area (Å²) in [5.41, 5.74) is 5.08. The first-order valence-corrected chi connectivity index (χ1v) is 9.27. The second-order valence-corrected chi connectivity index (χ2v) is 6.75. The third kappa shape index (κ3) is 4.16. The molecule has 0 saturated carbocycles. The number of para-hydroxylation sites is 2. The van der Waals surface area contributed by atoms with Crippen molar-refractivity contribution in [1.29, 1.82) is 0 Å². The van der Waals surface area contributed by atoms with Gasteiger partial charge < -0.3 is 10.6 Å². The molecule has 0 aliphatic carbocycles. The monoisotopic (exact) mass is 384 g/mol. The van der Waals surface area contributed by atoms with Crippen molar-refractivity contribution in [2.45, 2.75) is 6.92 Å². The minimum atomic E-state index is -0.285. The number of carbonyl (C=O) groups excluding carboxylic acids is 2. The molecular weight excluding hydrogens is 364 g/mol. The number of amides is 2. The highest BCUT2D eigenvalue weighted by atomic mass is 16.2. The second-order valence-electron chi connectivity index (χ2n) is 6.75. The SMILES string of the molecule is Cc1cccc(C(=O)NCC(=O)Nc2ccc(-n3cnc4ccccc43)cc2)c1. The van der Waals surface area contributed by atoms with Crippen LogP contribution in [0.15, 0.2) is 79.1 Å². The summed E-state index contributed by atoms with van der Waals surface area (Å²) in [5, 5.41) is 5.43. The van der Waals surface area contributed by atoms with E-state index in [0.717, 1.165) is 22.3 Å². The van der Waals surface area contributed by atoms with Crippen LogP contribution < -0.4 is 10.6 Å². The fraction of sp³-hybridized carbons (Fsp3) is 0.0870. The summed E-state index contributed by atoms with van der Waals surface area (Å²) in [7, 11) is 0. The molecule has 0 saturated heterocycles. The molecule has 4 rings (SSSR count). The fourth-order valence-corrected chi connectivity index (χ4v) is 3.12. The average molecular weight is 384 g/mol. The van der Waals surface area contributed by atoms with Gasteiger partial charge in [-0.1, -0.05) is 29.8 Å². The molecule has 2 N–H and O–H groups in total. The lowest BCUT2D eigenvalue weighted by Gasteiger charge is -2.09. The first-order chi connectivity index (χ1) is 14.1. The molecule has 0 bridgehead atoms. The van der Waals surface area contributed by atoms with E-state index in [9.17, 15) is 9.59 Å². The smallest absolute Gasteiger partial charge is 0.251 e. The third-order valence-electron chi connectivity index (χ3n) is 4.57. The highest BCUT2D eigenvalue weighted by molar-refractivity contribution is 5.99. The number of aromatic nitrogens is 2. The maximum atomic E-state index is 12.2. The van der Waals surface area contributed by atoms with Crippen molar-refractivity contribution in [3.8, 4) is 5.69 Å². The quantitative estimate of drug-likeness (QED) is 0.551. The molecule has 144 valence electrons. The van der Waals surface area contributed by atoms with Crippen molar-refractivity contribution in [3.05, 3.63) is 90.3 Å². The molecule has 0 atom stereocenters. The number of anilines is 1. The van der Waals surface area contributed by atoms with E-state index in [0.29, 0.717) is 11.3 Å². The summed E-state index contributed by atoms with van der Waals surface area (Å²) >= 11 is 0. The van der Waals surface area contributed by atoms with Crippen molar-refractivity contribution >= 4 is 28.5 Å². The molecule has 1 heterocycles. The Morgan fingerprint density at radius 3 is 2.55 bits per heavy atom. The summed E-state index contributed by atoms with van der Waals surface area (Å²) in [6.07, 6.45) is 1.78. The van der Waals surface area contributed by atoms with Gasteiger partial charge in [-0.05, 0) is 55.5 Å². The van der Waals surface area contributed by atoms with Gasteiger partial charge in [0.15, 0.2) is 0 Å². The van der Waals surface area contributed by atoms with Gasteiger partial charge in [0.25, 0.3) is 5.91 Å². The molecule has 2 amide bonds. The minimum Gasteiger partial charge on any atom is -0.343 e. The molecule has 6 nitrogen and oxygen atoms in total. The number of hydrogen-bond acceptors (Lipinski definition) is 3. The number of hydrogen-bond donors (Lipinski definition) is 2. The molecule has 6 heteroatoms. The molecule has 0 unspecified atom stereocenters. The van der Waals surface area contributed by atoms with E-state index in [4.69, 9.17) is 0 Å². The highest BCUT2D eigenvalue weighted by Crippen LogP contribution is 2.19. The molecule has 3 aromatic carbocycles. The molecule has 29 heavy (non-hydrogen) atoms. The van der Waals surface area contributed by atoms with Crippen molar-refractivity contribution in [2.75, 3.05) is 11.9 Å². The van der Waals surface area contributed by atoms with Gasteiger partial charge in [-0.2, -0.15) is 0 Å². The van der Waals surface area contributed by atoms with E-state index in [1.165, 1.54) is 0 Å². The molecule has 0 fully saturated rings. The number of nitrogens with one attached hydrogen (secondary N) is 2. The van der Waals surface area contributed by atoms with Gasteiger partial charge in [0, 0.05) is 16.9 Å². The molecule has 0 aliphatic rings. The lowest BCUT2D eigenvalue weighted by atomic mass is 10.1. The Bertz CT molecular complexity index is 1180. The number of benzene rings is 3. The van der Waals surface area contributed by atoms with Crippen LogP contribution in [0, 0.1) is 6.92 Å². The Morgan fingerprint density at radius 2 is 1.76 bits per heavy atom. The van der Waals surface area contributed by atoms with E-state index in [2.05, 4.69) is 15.6 Å². The minimum absolute atomic E-state index is 0.0965. The van der Waals surface area contributed by atoms with E-state index in [1.807, 2.05) is 72.2 Å². The van der Waals surface area contributed by atoms with Gasteiger partial charge >= 0.3 is 0 Å². The van der Waals surface area contributed by atoms with E-state index < -0.39 is 0 Å². The largest absolute Gasteiger partial charge is 0.343 e. The predicted molar refractivity (Wildman–Crippen MR) is 113 cm³/mol. The van der Waals surface area contributed by atoms with Gasteiger partial charge in [-0.3, -0.25) is 14.2 Å². The van der Waals surface area contributed by atoms with Crippen LogP contribution >= 0.6 is 0 Å². The maximum Gasteiger partial charge on any atom is 0.251 e. The van der Waals surface area contributed by atoms with Gasteiger partial charge in [-0.15, -0.1) is 0 Å². The van der Waals surface area contributed by atoms with Crippen molar-refractivity contribution in [1.82, 2.24) is 14.9 Å². The lowest BCUT2D eigenvalue weighted by molar-refractivity contribution is -0.115. The Balaban J connectivity index is 1.37. The fourth-order valence-electron chi connectivity index (χ4n) is 3.12. The summed E-state index contributed by atoms with van der Waals surface area (Å²) in [6, 6.07) is 22.6. The van der Waals surface area contributed by atoms with E-state index in [1.54, 1.807) is 18.5 Å². The normalized spacial score (nSPS) is 10.7. The third-order valence-corrected chi connectivity index (χ3v) is 4.57. The Labute approximate surface area is 168 Å². The number of nitrogens with zero attached hydrogens (tertiary/aromatic N) is 2. The predicted octanol–water partition coefficient (Wildman–Crippen LogP) is 3.70. The summed E-state index contributed by atoms with van der Waals surface area (Å²) in [4.78, 5) is 28.7. The zero-order valence-electron chi connectivity index (χ0n) is 15.9. The van der Waals surface area contributed by atoms with Crippen LogP contribution in [0.25, 0.3) is 16.7 Å². The van der Waals surface area contributed by atoms with Crippen LogP contribution in [-0.4, -0.2) is 27.9 Å². The summed E-state index contributed by atoms with van der Waals surface area (Å²) in [5.74, 6) is -0.557. The number of aryl methyl sites for hydroxylation is 1. The Kier molecular flexibility index (Phi) is 5.07. The Hall–Kier alpha value is -3.93. The van der Waals surface area contributed by atoms with Gasteiger partial charge in [0.2, 0.25) is 5.91 Å². The average Bonchev–Trinajstić information content (AvgIpc) is 3.17. The first kappa shape index (κ1) is 18.4. The van der Waals surface area contributed by atoms with Gasteiger partial charge in [-0.25, -0.2) is 4.98 Å². The van der Waals surface area contributed by atoms with Crippen LogP contribution in [0.5, 0.6) is 0 Å². The lowest BCUT2D eigenvalue weighted by Crippen LogP contribution is -2.32. The van der Waals surface area contributed by atoms with Gasteiger partial charge in [0.1, 0.15) is 6.33 Å². The zero-order valence-corrected chi connectivity index (χ0v) is 15.9. The standard InChI is InChI=1S/C23H20N4O2/c1-16-5-4-6-17(13-16)23(29)24-14-22(28)26-18-9-11-19(12-10-18)27-15-25-20-7-2-3-8-21(20)27/h2-13,15H,14H2,1H3,(H,24,29)(H,26,28). The molecular formula is C23H20N4O2. The van der Waals surface area contributed by atoms with Crippen LogP contribution in [0.3, 0.4) is 0 Å². The van der Waals surface area contributed by atoms with Crippen LogP contribution in [0.2, 0.25) is 0 Å². The number of carbonyl (C=O) groups is 2. The topological polar surface area (TPSA) is 76.0 Å². The number of rotatable bonds is 5. The summed E-state index contributed by atoms with van der Waals surface area (Å²) in [6.45, 7) is 1.82. The van der Waals surface area contributed by atoms with Crippen LogP contribution in [0.1, 0.15) is 15.9 Å². The number of imidazole rings is 1. The van der Waals surface area contributed by atoms with Crippen LogP contribution in [-0.2, 0) is 4.79 Å². The molecule has 0 radical (unpaired) electrons. The first-order valence-electron chi connectivity index (χ1n) is 9.27. The van der Waals surface area contributed by atoms with Crippen molar-refractivity contribution in [3.63, 3.8) is 0 Å². The van der Waals surface area contributed by atoms with Crippen LogP contribution in [0.4, 0.5) is 5.69 Å². The molecule has 1 aromatic heterocycles. The zero-order chi connectivity index (χ0) is 20.2. The number of fused-ring (bicyclic) bond motifs is 1. The maximum absolute atomic E-state index is 12.2. The summed E-state index contributed by atoms with van der Waals surface area (Å²) < 4.78 is 1.99. The second kappa shape index (κ2) is 7.98. The van der Waals surface area contributed by atoms with Gasteiger partial charge in [0.05, 0.1) is 17.6 Å². The Morgan fingerprint density at radius 1 is 0.966 bits per heavy atom.